The Morgan fingerprint density at radius 2 is 1.55 bits per heavy atom. The van der Waals surface area contributed by atoms with Crippen molar-refractivity contribution in [2.24, 2.45) is 5.92 Å². The number of carbonyl (C=O) groups excluding carboxylic acids is 2. The number of para-hydroxylation sites is 3. The second-order valence-corrected chi connectivity index (χ2v) is 8.59. The van der Waals surface area contributed by atoms with E-state index in [1.807, 2.05) is 48.5 Å². The molecule has 3 aromatic rings. The van der Waals surface area contributed by atoms with E-state index in [1.165, 1.54) is 12.0 Å². The molecule has 168 valence electrons. The smallest absolute Gasteiger partial charge is 0.266 e. The van der Waals surface area contributed by atoms with Gasteiger partial charge in [-0.05, 0) is 57.9 Å². The molecule has 0 aliphatic carbocycles. The molecule has 2 saturated heterocycles. The summed E-state index contributed by atoms with van der Waals surface area (Å²) in [6, 6.07) is 21.5. The van der Waals surface area contributed by atoms with Crippen molar-refractivity contribution in [1.29, 1.82) is 0 Å². The monoisotopic (exact) mass is 508 g/mol. The zero-order valence-corrected chi connectivity index (χ0v) is 19.6. The van der Waals surface area contributed by atoms with Gasteiger partial charge in [0.05, 0.1) is 36.1 Å². The fraction of sp³-hybridized carbons (Fsp3) is 0.200. The highest BCUT2D eigenvalue weighted by molar-refractivity contribution is 9.10. The number of rotatable bonds is 5. The number of nitrogens with zero attached hydrogens (tertiary/aromatic N) is 2. The molecule has 2 aliphatic heterocycles. The lowest BCUT2D eigenvalue weighted by atomic mass is 9.90. The molecule has 0 bridgehead atoms. The number of carbonyl (C=O) groups is 2. The van der Waals surface area contributed by atoms with E-state index in [9.17, 15) is 9.59 Å². The van der Waals surface area contributed by atoms with Crippen LogP contribution in [0.5, 0.6) is 11.5 Å². The first kappa shape index (κ1) is 21.5. The molecule has 7 nitrogen and oxygen atoms in total. The van der Waals surface area contributed by atoms with Crippen molar-refractivity contribution >= 4 is 39.1 Å². The van der Waals surface area contributed by atoms with Crippen LogP contribution in [-0.4, -0.2) is 32.1 Å². The molecule has 0 N–H and O–H groups in total. The maximum absolute atomic E-state index is 13.7. The van der Waals surface area contributed by atoms with Crippen molar-refractivity contribution in [1.82, 2.24) is 0 Å². The Morgan fingerprint density at radius 1 is 0.848 bits per heavy atom. The minimum Gasteiger partial charge on any atom is -0.496 e. The number of benzene rings is 3. The minimum absolute atomic E-state index is 0.329. The van der Waals surface area contributed by atoms with Gasteiger partial charge in [-0.1, -0.05) is 36.4 Å². The van der Waals surface area contributed by atoms with E-state index < -0.39 is 24.0 Å². The number of methoxy groups -OCH3 is 2. The Balaban J connectivity index is 1.61. The Labute approximate surface area is 199 Å². The lowest BCUT2D eigenvalue weighted by Gasteiger charge is -2.29. The van der Waals surface area contributed by atoms with Gasteiger partial charge in [0.25, 0.3) is 5.91 Å². The first-order valence-corrected chi connectivity index (χ1v) is 11.2. The summed E-state index contributed by atoms with van der Waals surface area (Å²) in [6.07, 6.45) is -0.950. The fourth-order valence-electron chi connectivity index (χ4n) is 4.47. The molecule has 2 fully saturated rings. The van der Waals surface area contributed by atoms with E-state index in [0.717, 1.165) is 15.7 Å². The summed E-state index contributed by atoms with van der Waals surface area (Å²) in [6.45, 7) is 0. The van der Waals surface area contributed by atoms with Gasteiger partial charge in [0.1, 0.15) is 17.4 Å². The van der Waals surface area contributed by atoms with Crippen molar-refractivity contribution in [3.05, 3.63) is 82.8 Å². The van der Waals surface area contributed by atoms with E-state index in [-0.39, 0.29) is 5.91 Å². The molecule has 5 rings (SSSR count). The van der Waals surface area contributed by atoms with Crippen molar-refractivity contribution in [2.75, 3.05) is 24.2 Å². The molecule has 3 aromatic carbocycles. The van der Waals surface area contributed by atoms with E-state index in [0.29, 0.717) is 17.2 Å². The number of anilines is 2. The molecule has 0 spiro atoms. The molecule has 0 aromatic heterocycles. The standard InChI is InChI=1S/C25H21BrN2O5/c1-31-19-13-12-15(14-17(19)26)22-21-23(33-28(22)16-8-4-3-5-9-16)25(30)27(24(21)29)18-10-6-7-11-20(18)32-2/h3-14,21-23H,1-2H3/t21-,22-,23-/m0/s1. The highest BCUT2D eigenvalue weighted by Gasteiger charge is 2.60. The van der Waals surface area contributed by atoms with Crippen molar-refractivity contribution in [2.45, 2.75) is 12.1 Å². The fourth-order valence-corrected chi connectivity index (χ4v) is 5.03. The summed E-state index contributed by atoms with van der Waals surface area (Å²) < 4.78 is 11.5. The summed E-state index contributed by atoms with van der Waals surface area (Å²) >= 11 is 3.53. The average Bonchev–Trinajstić information content (AvgIpc) is 3.35. The number of imide groups is 1. The molecule has 2 aliphatic rings. The number of fused-ring (bicyclic) bond motifs is 1. The largest absolute Gasteiger partial charge is 0.496 e. The molecule has 0 saturated carbocycles. The maximum Gasteiger partial charge on any atom is 0.266 e. The van der Waals surface area contributed by atoms with Crippen molar-refractivity contribution in [3.63, 3.8) is 0 Å². The van der Waals surface area contributed by atoms with Gasteiger partial charge in [-0.2, -0.15) is 0 Å². The predicted octanol–water partition coefficient (Wildman–Crippen LogP) is 4.52. The number of halogens is 1. The number of hydroxylamine groups is 1. The normalized spacial score (nSPS) is 22.0. The van der Waals surface area contributed by atoms with Gasteiger partial charge in [-0.3, -0.25) is 14.4 Å². The Bertz CT molecular complexity index is 1220. The zero-order chi connectivity index (χ0) is 23.1. The van der Waals surface area contributed by atoms with Crippen LogP contribution in [0.25, 0.3) is 0 Å². The van der Waals surface area contributed by atoms with Crippen LogP contribution in [0, 0.1) is 5.92 Å². The number of ether oxygens (including phenoxy) is 2. The second kappa shape index (κ2) is 8.53. The van der Waals surface area contributed by atoms with Crippen LogP contribution in [0.15, 0.2) is 77.3 Å². The maximum atomic E-state index is 13.7. The molecular weight excluding hydrogens is 488 g/mol. The first-order chi connectivity index (χ1) is 16.0. The molecule has 0 radical (unpaired) electrons. The summed E-state index contributed by atoms with van der Waals surface area (Å²) in [5.74, 6) is -0.355. The number of amides is 2. The molecule has 0 unspecified atom stereocenters. The van der Waals surface area contributed by atoms with Gasteiger partial charge in [0, 0.05) is 0 Å². The van der Waals surface area contributed by atoms with Crippen LogP contribution in [0.2, 0.25) is 0 Å². The Morgan fingerprint density at radius 3 is 2.24 bits per heavy atom. The van der Waals surface area contributed by atoms with Crippen molar-refractivity contribution in [3.8, 4) is 11.5 Å². The summed E-state index contributed by atoms with van der Waals surface area (Å²) in [4.78, 5) is 34.6. The van der Waals surface area contributed by atoms with Crippen LogP contribution in [0.4, 0.5) is 11.4 Å². The van der Waals surface area contributed by atoms with Gasteiger partial charge < -0.3 is 9.47 Å². The van der Waals surface area contributed by atoms with Gasteiger partial charge in [-0.15, -0.1) is 0 Å². The first-order valence-electron chi connectivity index (χ1n) is 10.4. The predicted molar refractivity (Wildman–Crippen MR) is 126 cm³/mol. The van der Waals surface area contributed by atoms with Crippen LogP contribution < -0.4 is 19.4 Å². The van der Waals surface area contributed by atoms with E-state index in [1.54, 1.807) is 36.4 Å². The molecule has 3 atom stereocenters. The third-order valence-corrected chi connectivity index (χ3v) is 6.59. The molecular formula is C25H21BrN2O5. The third-order valence-electron chi connectivity index (χ3n) is 5.97. The van der Waals surface area contributed by atoms with Crippen LogP contribution in [0.3, 0.4) is 0 Å². The molecule has 8 heteroatoms. The Hall–Kier alpha value is -3.36. The van der Waals surface area contributed by atoms with Gasteiger partial charge >= 0.3 is 0 Å². The Kier molecular flexibility index (Phi) is 5.55. The quantitative estimate of drug-likeness (QED) is 0.472. The van der Waals surface area contributed by atoms with Crippen LogP contribution in [0.1, 0.15) is 11.6 Å². The molecule has 2 heterocycles. The van der Waals surface area contributed by atoms with Gasteiger partial charge in [0.2, 0.25) is 5.91 Å². The highest BCUT2D eigenvalue weighted by atomic mass is 79.9. The van der Waals surface area contributed by atoms with Gasteiger partial charge in [0.15, 0.2) is 6.10 Å². The van der Waals surface area contributed by atoms with Crippen molar-refractivity contribution < 1.29 is 23.9 Å². The third kappa shape index (κ3) is 3.46. The number of hydrogen-bond donors (Lipinski definition) is 0. The SMILES string of the molecule is COc1ccc([C@H]2[C@@H]3C(=O)N(c4ccccc4OC)C(=O)[C@H]3ON2c2ccccc2)cc1Br. The summed E-state index contributed by atoms with van der Waals surface area (Å²) in [5, 5.41) is 1.67. The minimum atomic E-state index is -0.950. The summed E-state index contributed by atoms with van der Waals surface area (Å²) in [7, 11) is 3.10. The van der Waals surface area contributed by atoms with Gasteiger partial charge in [-0.25, -0.2) is 9.96 Å². The lowest BCUT2D eigenvalue weighted by Crippen LogP contribution is -2.37. The average molecular weight is 509 g/mol. The molecule has 2 amide bonds. The lowest BCUT2D eigenvalue weighted by molar-refractivity contribution is -0.126. The zero-order valence-electron chi connectivity index (χ0n) is 18.0. The topological polar surface area (TPSA) is 68.3 Å². The summed E-state index contributed by atoms with van der Waals surface area (Å²) in [5.41, 5.74) is 1.99. The highest BCUT2D eigenvalue weighted by Crippen LogP contribution is 2.49. The van der Waals surface area contributed by atoms with Crippen LogP contribution >= 0.6 is 15.9 Å². The van der Waals surface area contributed by atoms with E-state index in [4.69, 9.17) is 14.3 Å². The van der Waals surface area contributed by atoms with E-state index >= 15 is 0 Å². The second-order valence-electron chi connectivity index (χ2n) is 7.74. The van der Waals surface area contributed by atoms with Crippen LogP contribution in [-0.2, 0) is 14.4 Å². The number of hydrogen-bond acceptors (Lipinski definition) is 6. The molecule has 33 heavy (non-hydrogen) atoms. The van der Waals surface area contributed by atoms with E-state index in [2.05, 4.69) is 15.9 Å².